The van der Waals surface area contributed by atoms with Gasteiger partial charge in [0.1, 0.15) is 0 Å². The molecule has 2 atom stereocenters. The van der Waals surface area contributed by atoms with E-state index in [1.165, 1.54) is 0 Å². The van der Waals surface area contributed by atoms with E-state index in [9.17, 15) is 5.11 Å². The van der Waals surface area contributed by atoms with Crippen LogP contribution >= 0.6 is 15.9 Å². The van der Waals surface area contributed by atoms with Crippen molar-refractivity contribution in [3.8, 4) is 0 Å². The maximum Gasteiger partial charge on any atom is 0.0854 e. The Kier molecular flexibility index (Phi) is 2.30. The smallest absolute Gasteiger partial charge is 0.0854 e. The Labute approximate surface area is 63.9 Å². The minimum atomic E-state index is -0.242. The third-order valence-electron chi connectivity index (χ3n) is 1.66. The highest BCUT2D eigenvalue weighted by Gasteiger charge is 2.16. The van der Waals surface area contributed by atoms with E-state index in [1.807, 2.05) is 0 Å². The van der Waals surface area contributed by atoms with E-state index in [4.69, 9.17) is 0 Å². The molecule has 1 nitrogen and oxygen atoms in total. The lowest BCUT2D eigenvalue weighted by molar-refractivity contribution is 0.180. The topological polar surface area (TPSA) is 20.2 Å². The Hall–Kier alpha value is 0.180. The Bertz CT molecular complexity index is 131. The molecule has 0 amide bonds. The SMILES string of the molecule is C[C@@H]1CC=C(Br)[C@H](O)C1. The van der Waals surface area contributed by atoms with Crippen molar-refractivity contribution in [2.75, 3.05) is 0 Å². The van der Waals surface area contributed by atoms with Crippen molar-refractivity contribution in [1.29, 1.82) is 0 Å². The fourth-order valence-electron chi connectivity index (χ4n) is 1.04. The van der Waals surface area contributed by atoms with Gasteiger partial charge in [0, 0.05) is 4.48 Å². The lowest BCUT2D eigenvalue weighted by Crippen LogP contribution is -2.15. The summed E-state index contributed by atoms with van der Waals surface area (Å²) in [4.78, 5) is 0. The van der Waals surface area contributed by atoms with Gasteiger partial charge < -0.3 is 5.11 Å². The number of hydrogen-bond acceptors (Lipinski definition) is 1. The van der Waals surface area contributed by atoms with Crippen LogP contribution in [0.15, 0.2) is 10.6 Å². The molecule has 0 bridgehead atoms. The van der Waals surface area contributed by atoms with Gasteiger partial charge in [-0.1, -0.05) is 28.9 Å². The summed E-state index contributed by atoms with van der Waals surface area (Å²) in [5.41, 5.74) is 0. The number of hydrogen-bond donors (Lipinski definition) is 1. The standard InChI is InChI=1S/C7H11BrO/c1-5-2-3-6(8)7(9)4-5/h3,5,7,9H,2,4H2,1H3/t5-,7-/m1/s1. The Morgan fingerprint density at radius 1 is 1.78 bits per heavy atom. The van der Waals surface area contributed by atoms with Gasteiger partial charge in [-0.15, -0.1) is 0 Å². The second kappa shape index (κ2) is 2.84. The lowest BCUT2D eigenvalue weighted by Gasteiger charge is -2.19. The van der Waals surface area contributed by atoms with Gasteiger partial charge in [-0.25, -0.2) is 0 Å². The number of rotatable bonds is 0. The van der Waals surface area contributed by atoms with Gasteiger partial charge in [-0.2, -0.15) is 0 Å². The largest absolute Gasteiger partial charge is 0.388 e. The van der Waals surface area contributed by atoms with Gasteiger partial charge >= 0.3 is 0 Å². The molecule has 1 N–H and O–H groups in total. The van der Waals surface area contributed by atoms with Crippen LogP contribution in [0.1, 0.15) is 19.8 Å². The predicted molar refractivity (Wildman–Crippen MR) is 41.4 cm³/mol. The van der Waals surface area contributed by atoms with Crippen LogP contribution in [0.5, 0.6) is 0 Å². The molecular weight excluding hydrogens is 180 g/mol. The van der Waals surface area contributed by atoms with Crippen LogP contribution in [0.2, 0.25) is 0 Å². The van der Waals surface area contributed by atoms with Crippen molar-refractivity contribution >= 4 is 15.9 Å². The van der Waals surface area contributed by atoms with Crippen molar-refractivity contribution in [2.24, 2.45) is 5.92 Å². The van der Waals surface area contributed by atoms with Crippen molar-refractivity contribution in [3.63, 3.8) is 0 Å². The molecule has 0 aliphatic heterocycles. The van der Waals surface area contributed by atoms with Crippen molar-refractivity contribution in [1.82, 2.24) is 0 Å². The third kappa shape index (κ3) is 1.80. The zero-order valence-corrected chi connectivity index (χ0v) is 7.06. The molecule has 0 saturated carbocycles. The van der Waals surface area contributed by atoms with Gasteiger partial charge in [-0.05, 0) is 18.8 Å². The Morgan fingerprint density at radius 2 is 2.44 bits per heavy atom. The van der Waals surface area contributed by atoms with Gasteiger partial charge in [-0.3, -0.25) is 0 Å². The normalized spacial score (nSPS) is 36.1. The molecule has 0 radical (unpaired) electrons. The highest BCUT2D eigenvalue weighted by Crippen LogP contribution is 2.26. The second-order valence-electron chi connectivity index (χ2n) is 2.68. The Balaban J connectivity index is 2.56. The van der Waals surface area contributed by atoms with E-state index >= 15 is 0 Å². The number of halogens is 1. The maximum absolute atomic E-state index is 9.23. The zero-order valence-electron chi connectivity index (χ0n) is 5.47. The van der Waals surface area contributed by atoms with Crippen molar-refractivity contribution in [2.45, 2.75) is 25.9 Å². The molecule has 1 rings (SSSR count). The van der Waals surface area contributed by atoms with E-state index in [-0.39, 0.29) is 6.10 Å². The van der Waals surface area contributed by atoms with E-state index < -0.39 is 0 Å². The highest BCUT2D eigenvalue weighted by atomic mass is 79.9. The average Bonchev–Trinajstić information content (AvgIpc) is 1.80. The fraction of sp³-hybridized carbons (Fsp3) is 0.714. The molecule has 0 fully saturated rings. The van der Waals surface area contributed by atoms with Crippen LogP contribution in [0.25, 0.3) is 0 Å². The molecule has 0 spiro atoms. The summed E-state index contributed by atoms with van der Waals surface area (Å²) in [6, 6.07) is 0. The first-order valence-corrected chi connectivity index (χ1v) is 4.03. The van der Waals surface area contributed by atoms with Crippen LogP contribution in [0.3, 0.4) is 0 Å². The van der Waals surface area contributed by atoms with Crippen molar-refractivity contribution in [3.05, 3.63) is 10.6 Å². The molecule has 9 heavy (non-hydrogen) atoms. The summed E-state index contributed by atoms with van der Waals surface area (Å²) in [5.74, 6) is 0.640. The first-order valence-electron chi connectivity index (χ1n) is 3.23. The summed E-state index contributed by atoms with van der Waals surface area (Å²) < 4.78 is 0.959. The van der Waals surface area contributed by atoms with Gasteiger partial charge in [0.15, 0.2) is 0 Å². The second-order valence-corrected chi connectivity index (χ2v) is 3.60. The molecule has 1 aliphatic carbocycles. The quantitative estimate of drug-likeness (QED) is 0.621. The predicted octanol–water partition coefficient (Wildman–Crippen LogP) is 2.06. The first kappa shape index (κ1) is 7.29. The summed E-state index contributed by atoms with van der Waals surface area (Å²) in [6.07, 6.45) is 3.81. The van der Waals surface area contributed by atoms with Crippen LogP contribution in [0.4, 0.5) is 0 Å². The maximum atomic E-state index is 9.23. The first-order chi connectivity index (χ1) is 4.20. The van der Waals surface area contributed by atoms with Crippen LogP contribution in [-0.2, 0) is 0 Å². The van der Waals surface area contributed by atoms with Crippen LogP contribution < -0.4 is 0 Å². The number of aliphatic hydroxyl groups excluding tert-OH is 1. The van der Waals surface area contributed by atoms with E-state index in [1.54, 1.807) is 0 Å². The molecule has 0 heterocycles. The molecule has 0 saturated heterocycles. The minimum absolute atomic E-state index is 0.242. The lowest BCUT2D eigenvalue weighted by atomic mass is 9.95. The zero-order chi connectivity index (χ0) is 6.85. The summed E-state index contributed by atoms with van der Waals surface area (Å²) in [7, 11) is 0. The molecule has 0 aromatic carbocycles. The molecule has 52 valence electrons. The van der Waals surface area contributed by atoms with Crippen molar-refractivity contribution < 1.29 is 5.11 Å². The van der Waals surface area contributed by atoms with Gasteiger partial charge in [0.25, 0.3) is 0 Å². The van der Waals surface area contributed by atoms with E-state index in [0.717, 1.165) is 17.3 Å². The van der Waals surface area contributed by atoms with E-state index in [0.29, 0.717) is 5.92 Å². The summed E-state index contributed by atoms with van der Waals surface area (Å²) in [5, 5.41) is 9.23. The van der Waals surface area contributed by atoms with E-state index in [2.05, 4.69) is 28.9 Å². The molecule has 0 aromatic heterocycles. The third-order valence-corrected chi connectivity index (χ3v) is 2.51. The molecule has 2 heteroatoms. The molecular formula is C7H11BrO. The molecule has 1 aliphatic rings. The highest BCUT2D eigenvalue weighted by molar-refractivity contribution is 9.11. The average molecular weight is 191 g/mol. The summed E-state index contributed by atoms with van der Waals surface area (Å²) >= 11 is 3.29. The van der Waals surface area contributed by atoms with Crippen LogP contribution in [-0.4, -0.2) is 11.2 Å². The molecule has 0 aromatic rings. The van der Waals surface area contributed by atoms with Gasteiger partial charge in [0.2, 0.25) is 0 Å². The fourth-order valence-corrected chi connectivity index (χ4v) is 1.41. The monoisotopic (exact) mass is 190 g/mol. The summed E-state index contributed by atoms with van der Waals surface area (Å²) in [6.45, 7) is 2.15. The minimum Gasteiger partial charge on any atom is -0.388 e. The van der Waals surface area contributed by atoms with Gasteiger partial charge in [0.05, 0.1) is 6.10 Å². The molecule has 0 unspecified atom stereocenters. The number of aliphatic hydroxyl groups is 1. The van der Waals surface area contributed by atoms with Crippen LogP contribution in [0, 0.1) is 5.92 Å². The number of allylic oxidation sites excluding steroid dienone is 1. The Morgan fingerprint density at radius 3 is 2.89 bits per heavy atom.